The Morgan fingerprint density at radius 1 is 0.840 bits per heavy atom. The maximum Gasteiger partial charge on any atom is 0.294 e. The van der Waals surface area contributed by atoms with Gasteiger partial charge in [-0.15, -0.1) is 0 Å². The van der Waals surface area contributed by atoms with Crippen molar-refractivity contribution in [3.63, 3.8) is 0 Å². The molecule has 0 atom stereocenters. The molecule has 0 bridgehead atoms. The summed E-state index contributed by atoms with van der Waals surface area (Å²) in [4.78, 5) is 10.4. The van der Waals surface area contributed by atoms with Crippen LogP contribution < -0.4 is 0 Å². The fourth-order valence-electron chi connectivity index (χ4n) is 2.06. The summed E-state index contributed by atoms with van der Waals surface area (Å²) in [5, 5.41) is 8.05. The quantitative estimate of drug-likeness (QED) is 0.413. The van der Waals surface area contributed by atoms with Gasteiger partial charge in [-0.05, 0) is 60.7 Å². The molecule has 0 amide bonds. The van der Waals surface area contributed by atoms with E-state index in [9.17, 15) is 13.2 Å². The summed E-state index contributed by atoms with van der Waals surface area (Å²) in [6, 6.07) is 15.7. The second kappa shape index (κ2) is 6.80. The molecule has 0 fully saturated rings. The van der Waals surface area contributed by atoms with Crippen molar-refractivity contribution in [2.75, 3.05) is 0 Å². The third-order valence-corrected chi connectivity index (χ3v) is 4.18. The molecule has 25 heavy (non-hydrogen) atoms. The zero-order chi connectivity index (χ0) is 17.9. The minimum atomic E-state index is -4.22. The third kappa shape index (κ3) is 4.06. The summed E-state index contributed by atoms with van der Waals surface area (Å²) < 4.78 is 36.2. The van der Waals surface area contributed by atoms with Gasteiger partial charge in [0.2, 0.25) is 0 Å². The second-order valence-corrected chi connectivity index (χ2v) is 6.46. The molecule has 126 valence electrons. The Morgan fingerprint density at radius 2 is 1.40 bits per heavy atom. The number of rotatable bonds is 5. The van der Waals surface area contributed by atoms with Crippen LogP contribution in [0.5, 0.6) is 0 Å². The zero-order valence-electron chi connectivity index (χ0n) is 12.7. The van der Waals surface area contributed by atoms with Gasteiger partial charge < -0.3 is 4.42 Å². The smallest absolute Gasteiger partial charge is 0.294 e. The monoisotopic (exact) mass is 356 g/mol. The van der Waals surface area contributed by atoms with Crippen molar-refractivity contribution in [2.24, 2.45) is 10.2 Å². The van der Waals surface area contributed by atoms with Gasteiger partial charge >= 0.3 is 0 Å². The summed E-state index contributed by atoms with van der Waals surface area (Å²) in [6.45, 7) is 0. The lowest BCUT2D eigenvalue weighted by Gasteiger charge is -1.98. The summed E-state index contributed by atoms with van der Waals surface area (Å²) in [5.74, 6) is 0.832. The third-order valence-electron chi connectivity index (χ3n) is 3.31. The van der Waals surface area contributed by atoms with Crippen LogP contribution in [0.25, 0.3) is 11.3 Å². The topological polar surface area (TPSA) is 109 Å². The molecule has 0 radical (unpaired) electrons. The highest BCUT2D eigenvalue weighted by atomic mass is 32.2. The molecule has 7 nitrogen and oxygen atoms in total. The van der Waals surface area contributed by atoms with Crippen LogP contribution in [0, 0.1) is 0 Å². The van der Waals surface area contributed by atoms with Gasteiger partial charge in [0.15, 0.2) is 12.0 Å². The maximum absolute atomic E-state index is 11.0. The number of hydrogen-bond acceptors (Lipinski definition) is 6. The maximum atomic E-state index is 11.0. The molecule has 3 aromatic rings. The van der Waals surface area contributed by atoms with E-state index in [2.05, 4.69) is 10.2 Å². The number of hydrogen-bond donors (Lipinski definition) is 1. The van der Waals surface area contributed by atoms with Crippen LogP contribution in [0.1, 0.15) is 10.6 Å². The minimum Gasteiger partial charge on any atom is -0.453 e. The van der Waals surface area contributed by atoms with Gasteiger partial charge in [0.05, 0.1) is 16.3 Å². The average Bonchev–Trinajstić information content (AvgIpc) is 3.09. The first kappa shape index (κ1) is 16.7. The molecular formula is C17H12N2O5S. The molecule has 0 spiro atoms. The summed E-state index contributed by atoms with van der Waals surface area (Å²) in [5.41, 5.74) is 1.83. The van der Waals surface area contributed by atoms with Crippen molar-refractivity contribution >= 4 is 27.8 Å². The predicted molar refractivity (Wildman–Crippen MR) is 90.0 cm³/mol. The van der Waals surface area contributed by atoms with E-state index in [4.69, 9.17) is 8.97 Å². The molecule has 0 unspecified atom stereocenters. The fraction of sp³-hybridized carbons (Fsp3) is 0. The highest BCUT2D eigenvalue weighted by Gasteiger charge is 2.08. The van der Waals surface area contributed by atoms with Crippen LogP contribution in [-0.2, 0) is 10.1 Å². The molecule has 0 aliphatic rings. The van der Waals surface area contributed by atoms with Crippen LogP contribution in [0.3, 0.4) is 0 Å². The van der Waals surface area contributed by atoms with Crippen molar-refractivity contribution < 1.29 is 22.2 Å². The van der Waals surface area contributed by atoms with Gasteiger partial charge in [-0.2, -0.15) is 18.6 Å². The molecule has 1 heterocycles. The van der Waals surface area contributed by atoms with Crippen LogP contribution in [0.2, 0.25) is 0 Å². The normalized spacial score (nSPS) is 11.7. The van der Waals surface area contributed by atoms with E-state index in [1.165, 1.54) is 24.3 Å². The Kier molecular flexibility index (Phi) is 4.55. The molecule has 0 aliphatic carbocycles. The van der Waals surface area contributed by atoms with Crippen LogP contribution in [-0.4, -0.2) is 19.3 Å². The Labute approximate surface area is 143 Å². The lowest BCUT2D eigenvalue weighted by Crippen LogP contribution is -1.96. The number of azo groups is 1. The van der Waals surface area contributed by atoms with Crippen LogP contribution in [0.4, 0.5) is 11.4 Å². The fourth-order valence-corrected chi connectivity index (χ4v) is 2.54. The molecule has 3 rings (SSSR count). The van der Waals surface area contributed by atoms with E-state index in [0.717, 1.165) is 5.56 Å². The predicted octanol–water partition coefficient (Wildman–Crippen LogP) is 4.42. The van der Waals surface area contributed by atoms with Crippen molar-refractivity contribution in [1.82, 2.24) is 0 Å². The summed E-state index contributed by atoms with van der Waals surface area (Å²) in [6.07, 6.45) is 0.638. The van der Waals surface area contributed by atoms with Gasteiger partial charge in [-0.3, -0.25) is 9.35 Å². The first-order valence-electron chi connectivity index (χ1n) is 7.10. The number of nitrogens with zero attached hydrogens (tertiary/aromatic N) is 2. The van der Waals surface area contributed by atoms with Crippen molar-refractivity contribution in [1.29, 1.82) is 0 Å². The molecule has 1 aromatic heterocycles. The van der Waals surface area contributed by atoms with Crippen molar-refractivity contribution in [3.8, 4) is 11.3 Å². The lowest BCUT2D eigenvalue weighted by atomic mass is 10.1. The zero-order valence-corrected chi connectivity index (χ0v) is 13.6. The van der Waals surface area contributed by atoms with E-state index in [0.29, 0.717) is 23.4 Å². The molecule has 0 saturated heterocycles. The Hall–Kier alpha value is -3.10. The van der Waals surface area contributed by atoms with Gasteiger partial charge in [-0.25, -0.2) is 0 Å². The first-order chi connectivity index (χ1) is 12.0. The first-order valence-corrected chi connectivity index (χ1v) is 8.54. The molecule has 2 aromatic carbocycles. The van der Waals surface area contributed by atoms with Crippen molar-refractivity contribution in [3.05, 3.63) is 66.4 Å². The number of carbonyl (C=O) groups is 1. The van der Waals surface area contributed by atoms with E-state index >= 15 is 0 Å². The summed E-state index contributed by atoms with van der Waals surface area (Å²) in [7, 11) is -4.22. The van der Waals surface area contributed by atoms with E-state index in [-0.39, 0.29) is 10.7 Å². The number of aldehydes is 1. The second-order valence-electron chi connectivity index (χ2n) is 5.04. The SMILES string of the molecule is O=Cc1ccc(-c2ccc(N=Nc3ccc(S(=O)(=O)O)cc3)cc2)o1. The van der Waals surface area contributed by atoms with E-state index in [1.54, 1.807) is 36.4 Å². The number of carbonyl (C=O) groups excluding carboxylic acids is 1. The lowest BCUT2D eigenvalue weighted by molar-refractivity contribution is 0.110. The highest BCUT2D eigenvalue weighted by molar-refractivity contribution is 7.85. The van der Waals surface area contributed by atoms with Gasteiger partial charge in [0, 0.05) is 5.56 Å². The molecule has 0 saturated carbocycles. The largest absolute Gasteiger partial charge is 0.453 e. The standard InChI is InChI=1S/C17H12N2O5S/c20-11-15-7-10-17(24-15)12-1-3-13(4-2-12)18-19-14-5-8-16(9-6-14)25(21,22)23/h1-11H,(H,21,22,23). The average molecular weight is 356 g/mol. The van der Waals surface area contributed by atoms with Gasteiger partial charge in [0.25, 0.3) is 10.1 Å². The van der Waals surface area contributed by atoms with Gasteiger partial charge in [-0.1, -0.05) is 0 Å². The number of benzene rings is 2. The molecule has 0 aliphatic heterocycles. The van der Waals surface area contributed by atoms with Crippen LogP contribution >= 0.6 is 0 Å². The van der Waals surface area contributed by atoms with Crippen LogP contribution in [0.15, 0.2) is 80.2 Å². The van der Waals surface area contributed by atoms with Crippen molar-refractivity contribution in [2.45, 2.75) is 4.90 Å². The Morgan fingerprint density at radius 3 is 1.88 bits per heavy atom. The number of furan rings is 1. The molecule has 8 heteroatoms. The van der Waals surface area contributed by atoms with Gasteiger partial charge in [0.1, 0.15) is 5.76 Å². The molecular weight excluding hydrogens is 344 g/mol. The Balaban J connectivity index is 1.74. The summed E-state index contributed by atoms with van der Waals surface area (Å²) >= 11 is 0. The Bertz CT molecular complexity index is 1020. The minimum absolute atomic E-state index is 0.205. The van der Waals surface area contributed by atoms with E-state index < -0.39 is 10.1 Å². The highest BCUT2D eigenvalue weighted by Crippen LogP contribution is 2.25. The molecule has 1 N–H and O–H groups in total. The van der Waals surface area contributed by atoms with E-state index in [1.807, 2.05) is 0 Å².